The summed E-state index contributed by atoms with van der Waals surface area (Å²) in [5.41, 5.74) is 5.35. The van der Waals surface area contributed by atoms with Crippen LogP contribution in [0.1, 0.15) is 21.6 Å². The number of aromatic nitrogens is 2. The number of imidazole rings is 1. The maximum atomic E-state index is 13.2. The van der Waals surface area contributed by atoms with Crippen molar-refractivity contribution in [3.05, 3.63) is 95.7 Å². The Hall–Kier alpha value is -3.55. The second-order valence-corrected chi connectivity index (χ2v) is 8.43. The Kier molecular flexibility index (Phi) is 5.90. The molecule has 1 amide bonds. The van der Waals surface area contributed by atoms with Gasteiger partial charge in [-0.05, 0) is 52.9 Å². The van der Waals surface area contributed by atoms with Crippen LogP contribution in [-0.4, -0.2) is 51.0 Å². The third-order valence-electron chi connectivity index (χ3n) is 6.04. The molecule has 2 aromatic heterocycles. The SMILES string of the molecule is O=C(NC[C@H](O)CN1CCc2ccccc2C1)c1cn2cc(-c3ccc(F)cc3)ccc2n1. The third-order valence-corrected chi connectivity index (χ3v) is 6.04. The summed E-state index contributed by atoms with van der Waals surface area (Å²) in [5.74, 6) is -0.612. The molecule has 0 radical (unpaired) electrons. The molecule has 0 fully saturated rings. The van der Waals surface area contributed by atoms with Gasteiger partial charge in [-0.2, -0.15) is 0 Å². The maximum absolute atomic E-state index is 13.2. The van der Waals surface area contributed by atoms with E-state index in [2.05, 4.69) is 33.4 Å². The first kappa shape index (κ1) is 21.3. The van der Waals surface area contributed by atoms with Crippen LogP contribution in [-0.2, 0) is 13.0 Å². The van der Waals surface area contributed by atoms with E-state index in [0.717, 1.165) is 30.6 Å². The Morgan fingerprint density at radius 3 is 2.61 bits per heavy atom. The molecule has 7 heteroatoms. The highest BCUT2D eigenvalue weighted by molar-refractivity contribution is 5.92. The van der Waals surface area contributed by atoms with Crippen LogP contribution in [0.15, 0.2) is 73.1 Å². The van der Waals surface area contributed by atoms with Gasteiger partial charge in [-0.15, -0.1) is 0 Å². The molecule has 1 atom stereocenters. The fourth-order valence-electron chi connectivity index (χ4n) is 4.29. The topological polar surface area (TPSA) is 69.9 Å². The van der Waals surface area contributed by atoms with Crippen LogP contribution in [0, 0.1) is 5.82 Å². The number of carbonyl (C=O) groups is 1. The molecule has 0 saturated heterocycles. The lowest BCUT2D eigenvalue weighted by atomic mass is 10.00. The Morgan fingerprint density at radius 1 is 1.03 bits per heavy atom. The fraction of sp³-hybridized carbons (Fsp3) is 0.231. The molecule has 0 unspecified atom stereocenters. The minimum Gasteiger partial charge on any atom is -0.390 e. The summed E-state index contributed by atoms with van der Waals surface area (Å²) >= 11 is 0. The first-order valence-corrected chi connectivity index (χ1v) is 11.1. The molecule has 5 rings (SSSR count). The number of halogens is 1. The molecule has 0 aliphatic carbocycles. The summed E-state index contributed by atoms with van der Waals surface area (Å²) in [6, 6.07) is 18.3. The quantitative estimate of drug-likeness (QED) is 0.479. The minimum absolute atomic E-state index is 0.158. The van der Waals surface area contributed by atoms with Crippen molar-refractivity contribution in [3.63, 3.8) is 0 Å². The number of nitrogens with zero attached hydrogens (tertiary/aromatic N) is 3. The van der Waals surface area contributed by atoms with Crippen LogP contribution in [0.5, 0.6) is 0 Å². The third kappa shape index (κ3) is 4.79. The van der Waals surface area contributed by atoms with Crippen LogP contribution in [0.4, 0.5) is 4.39 Å². The summed E-state index contributed by atoms with van der Waals surface area (Å²) in [4.78, 5) is 19.2. The average molecular weight is 445 g/mol. The van der Waals surface area contributed by atoms with E-state index in [9.17, 15) is 14.3 Å². The predicted octanol–water partition coefficient (Wildman–Crippen LogP) is 3.29. The van der Waals surface area contributed by atoms with Crippen LogP contribution >= 0.6 is 0 Å². The van der Waals surface area contributed by atoms with E-state index in [4.69, 9.17) is 0 Å². The Balaban J connectivity index is 1.19. The fourth-order valence-corrected chi connectivity index (χ4v) is 4.29. The average Bonchev–Trinajstić information content (AvgIpc) is 3.26. The smallest absolute Gasteiger partial charge is 0.271 e. The van der Waals surface area contributed by atoms with E-state index in [1.165, 1.54) is 23.3 Å². The van der Waals surface area contributed by atoms with Crippen LogP contribution in [0.25, 0.3) is 16.8 Å². The number of aliphatic hydroxyl groups excluding tert-OH is 1. The van der Waals surface area contributed by atoms with Crippen molar-refractivity contribution in [3.8, 4) is 11.1 Å². The number of hydrogen-bond acceptors (Lipinski definition) is 4. The van der Waals surface area contributed by atoms with Crippen molar-refractivity contribution >= 4 is 11.6 Å². The molecule has 3 heterocycles. The van der Waals surface area contributed by atoms with Gasteiger partial charge in [0.25, 0.3) is 5.91 Å². The van der Waals surface area contributed by atoms with Gasteiger partial charge in [0.2, 0.25) is 0 Å². The number of amides is 1. The van der Waals surface area contributed by atoms with Crippen molar-refractivity contribution in [1.82, 2.24) is 19.6 Å². The number of pyridine rings is 1. The summed E-state index contributed by atoms with van der Waals surface area (Å²) in [7, 11) is 0. The molecule has 33 heavy (non-hydrogen) atoms. The molecule has 0 spiro atoms. The van der Waals surface area contributed by atoms with E-state index in [1.54, 1.807) is 22.7 Å². The van der Waals surface area contributed by atoms with E-state index in [0.29, 0.717) is 12.2 Å². The van der Waals surface area contributed by atoms with Gasteiger partial charge >= 0.3 is 0 Å². The number of carbonyl (C=O) groups excluding carboxylic acids is 1. The van der Waals surface area contributed by atoms with Gasteiger partial charge < -0.3 is 14.8 Å². The van der Waals surface area contributed by atoms with E-state index in [1.807, 2.05) is 24.4 Å². The van der Waals surface area contributed by atoms with Crippen molar-refractivity contribution in [2.45, 2.75) is 19.1 Å². The number of hydrogen-bond donors (Lipinski definition) is 2. The van der Waals surface area contributed by atoms with E-state index in [-0.39, 0.29) is 24.0 Å². The summed E-state index contributed by atoms with van der Waals surface area (Å²) in [6.07, 6.45) is 3.82. The Labute approximate surface area is 191 Å². The molecular weight excluding hydrogens is 419 g/mol. The summed E-state index contributed by atoms with van der Waals surface area (Å²) in [5, 5.41) is 13.2. The minimum atomic E-state index is -0.665. The predicted molar refractivity (Wildman–Crippen MR) is 124 cm³/mol. The van der Waals surface area contributed by atoms with Gasteiger partial charge in [0.15, 0.2) is 0 Å². The van der Waals surface area contributed by atoms with Crippen LogP contribution in [0.3, 0.4) is 0 Å². The standard InChI is InChI=1S/C26H25FN4O2/c27-22-8-5-19(6-9-22)21-7-10-25-29-24(17-31(25)15-21)26(33)28-13-23(32)16-30-12-11-18-3-1-2-4-20(18)14-30/h1-10,15,17,23,32H,11-14,16H2,(H,28,33)/t23-/m0/s1. The maximum Gasteiger partial charge on any atom is 0.271 e. The highest BCUT2D eigenvalue weighted by atomic mass is 19.1. The first-order valence-electron chi connectivity index (χ1n) is 11.1. The second-order valence-electron chi connectivity index (χ2n) is 8.43. The zero-order valence-electron chi connectivity index (χ0n) is 18.1. The molecule has 2 aromatic carbocycles. The number of fused-ring (bicyclic) bond motifs is 2. The van der Waals surface area contributed by atoms with Gasteiger partial charge in [0, 0.05) is 38.6 Å². The summed E-state index contributed by atoms with van der Waals surface area (Å²) < 4.78 is 15.0. The van der Waals surface area contributed by atoms with E-state index < -0.39 is 6.10 Å². The first-order chi connectivity index (χ1) is 16.0. The van der Waals surface area contributed by atoms with Gasteiger partial charge in [-0.3, -0.25) is 9.69 Å². The monoisotopic (exact) mass is 444 g/mol. The zero-order valence-corrected chi connectivity index (χ0v) is 18.1. The van der Waals surface area contributed by atoms with Crippen LogP contribution < -0.4 is 5.32 Å². The van der Waals surface area contributed by atoms with Crippen molar-refractivity contribution in [1.29, 1.82) is 0 Å². The molecule has 6 nitrogen and oxygen atoms in total. The molecule has 4 aromatic rings. The van der Waals surface area contributed by atoms with Gasteiger partial charge in [0.05, 0.1) is 6.10 Å². The lowest BCUT2D eigenvalue weighted by Crippen LogP contribution is -2.42. The Morgan fingerprint density at radius 2 is 1.79 bits per heavy atom. The number of rotatable bonds is 6. The molecule has 1 aliphatic rings. The molecule has 168 valence electrons. The van der Waals surface area contributed by atoms with Crippen LogP contribution in [0.2, 0.25) is 0 Å². The second kappa shape index (κ2) is 9.13. The lowest BCUT2D eigenvalue weighted by molar-refractivity contribution is 0.0838. The molecule has 2 N–H and O–H groups in total. The van der Waals surface area contributed by atoms with Gasteiger partial charge in [0.1, 0.15) is 17.2 Å². The number of aliphatic hydroxyl groups is 1. The molecule has 1 aliphatic heterocycles. The summed E-state index contributed by atoms with van der Waals surface area (Å²) in [6.45, 7) is 2.36. The lowest BCUT2D eigenvalue weighted by Gasteiger charge is -2.30. The zero-order chi connectivity index (χ0) is 22.8. The normalized spacial score (nSPS) is 14.7. The number of benzene rings is 2. The molecule has 0 bridgehead atoms. The highest BCUT2D eigenvalue weighted by Gasteiger charge is 2.19. The highest BCUT2D eigenvalue weighted by Crippen LogP contribution is 2.21. The van der Waals surface area contributed by atoms with Gasteiger partial charge in [-0.25, -0.2) is 9.37 Å². The molecular formula is C26H25FN4O2. The van der Waals surface area contributed by atoms with Gasteiger partial charge in [-0.1, -0.05) is 36.4 Å². The van der Waals surface area contributed by atoms with Crippen molar-refractivity contribution in [2.75, 3.05) is 19.6 Å². The molecule has 0 saturated carbocycles. The number of β-amino-alcohol motifs (C(OH)–C–C–N with tert-alkyl or cyclic N) is 1. The van der Waals surface area contributed by atoms with Crippen molar-refractivity contribution < 1.29 is 14.3 Å². The van der Waals surface area contributed by atoms with E-state index >= 15 is 0 Å². The van der Waals surface area contributed by atoms with Crippen molar-refractivity contribution in [2.24, 2.45) is 0 Å². The Bertz CT molecular complexity index is 1290. The largest absolute Gasteiger partial charge is 0.390 e. The number of nitrogens with one attached hydrogen (secondary N) is 1.